The van der Waals surface area contributed by atoms with Gasteiger partial charge in [-0.1, -0.05) is 12.1 Å². The summed E-state index contributed by atoms with van der Waals surface area (Å²) in [5, 5.41) is 3.45. The van der Waals surface area contributed by atoms with Gasteiger partial charge >= 0.3 is 0 Å². The Labute approximate surface area is 202 Å². The number of fused-ring (bicyclic) bond motifs is 1. The van der Waals surface area contributed by atoms with Crippen molar-refractivity contribution in [1.29, 1.82) is 0 Å². The number of alkyl halides is 2. The van der Waals surface area contributed by atoms with Crippen LogP contribution < -0.4 is 10.2 Å². The lowest BCUT2D eigenvalue weighted by Gasteiger charge is -2.30. The average molecular weight is 485 g/mol. The van der Waals surface area contributed by atoms with Crippen molar-refractivity contribution in [2.24, 2.45) is 5.92 Å². The molecule has 0 spiro atoms. The fraction of sp³-hybridized carbons (Fsp3) is 0.520. The molecule has 0 radical (unpaired) electrons. The highest BCUT2D eigenvalue weighted by Gasteiger charge is 2.26. The SMILES string of the molecule is CC(=O)CC1CCC(Nc2nc(N3CCOCC3)cc(-n3c(C(F)F)nc4ccccc43)n2)CC1. The predicted octanol–water partition coefficient (Wildman–Crippen LogP) is 4.54. The molecule has 1 saturated heterocycles. The van der Waals surface area contributed by atoms with Crippen LogP contribution in [-0.2, 0) is 9.53 Å². The third-order valence-corrected chi connectivity index (χ3v) is 6.80. The van der Waals surface area contributed by atoms with Crippen LogP contribution in [0.4, 0.5) is 20.5 Å². The Hall–Kier alpha value is -3.14. The largest absolute Gasteiger partial charge is 0.378 e. The van der Waals surface area contributed by atoms with E-state index in [1.54, 1.807) is 37.3 Å². The fourth-order valence-electron chi connectivity index (χ4n) is 5.09. The smallest absolute Gasteiger partial charge is 0.296 e. The van der Waals surface area contributed by atoms with Crippen molar-refractivity contribution in [1.82, 2.24) is 19.5 Å². The Balaban J connectivity index is 1.49. The molecule has 1 N–H and O–H groups in total. The first-order valence-corrected chi connectivity index (χ1v) is 12.2. The number of anilines is 2. The van der Waals surface area contributed by atoms with Gasteiger partial charge in [-0.25, -0.2) is 13.8 Å². The Kier molecular flexibility index (Phi) is 6.90. The average Bonchev–Trinajstić information content (AvgIpc) is 3.25. The quantitative estimate of drug-likeness (QED) is 0.527. The Morgan fingerprint density at radius 3 is 2.51 bits per heavy atom. The van der Waals surface area contributed by atoms with Crippen LogP contribution in [0.15, 0.2) is 30.3 Å². The second-order valence-corrected chi connectivity index (χ2v) is 9.37. The number of hydrogen-bond acceptors (Lipinski definition) is 7. The van der Waals surface area contributed by atoms with E-state index in [9.17, 15) is 13.6 Å². The summed E-state index contributed by atoms with van der Waals surface area (Å²) in [7, 11) is 0. The van der Waals surface area contributed by atoms with Gasteiger partial charge in [-0.15, -0.1) is 0 Å². The Morgan fingerprint density at radius 1 is 1.09 bits per heavy atom. The number of imidazole rings is 1. The van der Waals surface area contributed by atoms with E-state index in [1.165, 1.54) is 4.57 Å². The van der Waals surface area contributed by atoms with Crippen LogP contribution in [0.25, 0.3) is 16.9 Å². The van der Waals surface area contributed by atoms with E-state index in [2.05, 4.69) is 20.2 Å². The molecule has 2 aromatic heterocycles. The second-order valence-electron chi connectivity index (χ2n) is 9.37. The molecule has 3 aromatic rings. The van der Waals surface area contributed by atoms with Gasteiger partial charge in [0.15, 0.2) is 5.82 Å². The van der Waals surface area contributed by atoms with E-state index in [4.69, 9.17) is 9.72 Å². The van der Waals surface area contributed by atoms with Crippen molar-refractivity contribution < 1.29 is 18.3 Å². The molecule has 3 heterocycles. The van der Waals surface area contributed by atoms with E-state index >= 15 is 0 Å². The van der Waals surface area contributed by atoms with Gasteiger partial charge in [0.2, 0.25) is 5.95 Å². The molecule has 186 valence electrons. The highest BCUT2D eigenvalue weighted by molar-refractivity contribution is 5.78. The maximum atomic E-state index is 14.0. The van der Waals surface area contributed by atoms with Crippen LogP contribution in [0, 0.1) is 5.92 Å². The van der Waals surface area contributed by atoms with Crippen LogP contribution in [0.3, 0.4) is 0 Å². The molecular weight excluding hydrogens is 454 g/mol. The monoisotopic (exact) mass is 484 g/mol. The lowest BCUT2D eigenvalue weighted by atomic mass is 9.83. The number of morpholine rings is 1. The van der Waals surface area contributed by atoms with Crippen molar-refractivity contribution in [2.45, 2.75) is 51.5 Å². The molecule has 0 bridgehead atoms. The van der Waals surface area contributed by atoms with Crippen LogP contribution in [-0.4, -0.2) is 57.6 Å². The number of rotatable bonds is 7. The van der Waals surface area contributed by atoms with Gasteiger partial charge < -0.3 is 19.7 Å². The number of para-hydroxylation sites is 2. The lowest BCUT2D eigenvalue weighted by molar-refractivity contribution is -0.118. The van der Waals surface area contributed by atoms with Crippen molar-refractivity contribution in [2.75, 3.05) is 36.5 Å². The van der Waals surface area contributed by atoms with Crippen molar-refractivity contribution in [3.63, 3.8) is 0 Å². The van der Waals surface area contributed by atoms with Crippen molar-refractivity contribution in [3.05, 3.63) is 36.2 Å². The van der Waals surface area contributed by atoms with E-state index in [-0.39, 0.29) is 17.6 Å². The van der Waals surface area contributed by atoms with Crippen molar-refractivity contribution in [3.8, 4) is 5.82 Å². The molecule has 10 heteroatoms. The molecule has 1 aliphatic carbocycles. The van der Waals surface area contributed by atoms with Gasteiger partial charge in [-0.05, 0) is 50.7 Å². The molecule has 0 amide bonds. The topological polar surface area (TPSA) is 85.2 Å². The number of hydrogen-bond donors (Lipinski definition) is 1. The Morgan fingerprint density at radius 2 is 1.80 bits per heavy atom. The zero-order valence-corrected chi connectivity index (χ0v) is 19.8. The molecule has 35 heavy (non-hydrogen) atoms. The molecular formula is C25H30F2N6O2. The molecule has 5 rings (SSSR count). The highest BCUT2D eigenvalue weighted by Crippen LogP contribution is 2.31. The van der Waals surface area contributed by atoms with Crippen LogP contribution in [0.1, 0.15) is 51.3 Å². The molecule has 8 nitrogen and oxygen atoms in total. The normalized spacial score (nSPS) is 21.0. The highest BCUT2D eigenvalue weighted by atomic mass is 19.3. The van der Waals surface area contributed by atoms with Crippen molar-refractivity contribution >= 4 is 28.6 Å². The zero-order chi connectivity index (χ0) is 24.4. The third kappa shape index (κ3) is 5.27. The molecule has 0 unspecified atom stereocenters. The molecule has 2 aliphatic rings. The maximum absolute atomic E-state index is 14.0. The minimum atomic E-state index is -2.75. The first kappa shape index (κ1) is 23.6. The summed E-state index contributed by atoms with van der Waals surface area (Å²) in [5.41, 5.74) is 1.07. The van der Waals surface area contributed by atoms with Crippen LogP contribution >= 0.6 is 0 Å². The number of aromatic nitrogens is 4. The molecule has 2 fully saturated rings. The van der Waals surface area contributed by atoms with E-state index < -0.39 is 6.43 Å². The fourth-order valence-corrected chi connectivity index (χ4v) is 5.09. The van der Waals surface area contributed by atoms with E-state index in [0.717, 1.165) is 25.7 Å². The minimum Gasteiger partial charge on any atom is -0.378 e. The molecule has 0 atom stereocenters. The van der Waals surface area contributed by atoms with Gasteiger partial charge in [0.1, 0.15) is 17.4 Å². The summed E-state index contributed by atoms with van der Waals surface area (Å²) < 4.78 is 34.9. The maximum Gasteiger partial charge on any atom is 0.296 e. The first-order chi connectivity index (χ1) is 17.0. The number of carbonyl (C=O) groups is 1. The molecule has 1 saturated carbocycles. The molecule has 1 aromatic carbocycles. The number of halogens is 2. The van der Waals surface area contributed by atoms with Gasteiger partial charge in [0.25, 0.3) is 6.43 Å². The van der Waals surface area contributed by atoms with Crippen LogP contribution in [0.5, 0.6) is 0 Å². The van der Waals surface area contributed by atoms with Gasteiger partial charge in [-0.2, -0.15) is 9.97 Å². The van der Waals surface area contributed by atoms with E-state index in [1.807, 2.05) is 0 Å². The summed E-state index contributed by atoms with van der Waals surface area (Å²) in [4.78, 5) is 27.2. The minimum absolute atomic E-state index is 0.167. The Bertz CT molecular complexity index is 1190. The first-order valence-electron chi connectivity index (χ1n) is 12.2. The number of nitrogens with zero attached hydrogens (tertiary/aromatic N) is 5. The number of carbonyl (C=O) groups excluding carboxylic acids is 1. The lowest BCUT2D eigenvalue weighted by Crippen LogP contribution is -2.37. The number of benzene rings is 1. The second kappa shape index (κ2) is 10.2. The number of nitrogens with one attached hydrogen (secondary N) is 1. The zero-order valence-electron chi connectivity index (χ0n) is 19.8. The standard InChI is InChI=1S/C25H30F2N6O2/c1-16(34)14-17-6-8-18(9-7-17)28-25-30-21(32-10-12-35-13-11-32)15-22(31-25)33-20-5-3-2-4-19(20)29-24(33)23(26)27/h2-5,15,17-18,23H,6-14H2,1H3,(H,28,30,31). The van der Waals surface area contributed by atoms with Crippen LogP contribution in [0.2, 0.25) is 0 Å². The number of Topliss-reactive ketones (excluding diaryl/α,β-unsaturated/α-hetero) is 1. The summed E-state index contributed by atoms with van der Waals surface area (Å²) in [5.74, 6) is 1.76. The predicted molar refractivity (Wildman–Crippen MR) is 129 cm³/mol. The number of ketones is 1. The van der Waals surface area contributed by atoms with Gasteiger partial charge in [-0.3, -0.25) is 4.57 Å². The molecule has 1 aliphatic heterocycles. The summed E-state index contributed by atoms with van der Waals surface area (Å²) in [6, 6.07) is 9.00. The number of ether oxygens (including phenoxy) is 1. The summed E-state index contributed by atoms with van der Waals surface area (Å²) in [6.07, 6.45) is 1.63. The summed E-state index contributed by atoms with van der Waals surface area (Å²) >= 11 is 0. The van der Waals surface area contributed by atoms with Gasteiger partial charge in [0, 0.05) is 31.6 Å². The summed E-state index contributed by atoms with van der Waals surface area (Å²) in [6.45, 7) is 4.14. The third-order valence-electron chi connectivity index (χ3n) is 6.80. The van der Waals surface area contributed by atoms with Gasteiger partial charge in [0.05, 0.1) is 24.2 Å². The van der Waals surface area contributed by atoms with E-state index in [0.29, 0.717) is 67.3 Å².